The van der Waals surface area contributed by atoms with Crippen LogP contribution in [0.3, 0.4) is 0 Å². The second-order valence-corrected chi connectivity index (χ2v) is 6.36. The predicted molar refractivity (Wildman–Crippen MR) is 100 cm³/mol. The Balaban J connectivity index is 2.04. The molecular weight excluding hydrogens is 403 g/mol. The molecule has 26 heavy (non-hydrogen) atoms. The maximum atomic E-state index is 12.5. The number of pyridine rings is 1. The van der Waals surface area contributed by atoms with Gasteiger partial charge in [-0.1, -0.05) is 34.8 Å². The highest BCUT2D eigenvalue weighted by Crippen LogP contribution is 2.35. The van der Waals surface area contributed by atoms with Crippen LogP contribution in [-0.2, 0) is 4.84 Å². The highest BCUT2D eigenvalue weighted by atomic mass is 35.5. The van der Waals surface area contributed by atoms with Gasteiger partial charge in [0.1, 0.15) is 5.02 Å². The van der Waals surface area contributed by atoms with E-state index in [1.54, 1.807) is 41.2 Å². The van der Waals surface area contributed by atoms with E-state index in [1.807, 2.05) is 0 Å². The molecular formula is C16H13Cl3N4O3. The molecule has 0 saturated heterocycles. The SMILES string of the molecule is O=C(NOCCO)c1cn2ccnc2c(Cl)c1Nc1ccc(Cl)cc1Cl. The summed E-state index contributed by atoms with van der Waals surface area (Å²) in [5, 5.41) is 12.9. The van der Waals surface area contributed by atoms with Gasteiger partial charge in [0.25, 0.3) is 5.91 Å². The largest absolute Gasteiger partial charge is 0.394 e. The molecule has 0 saturated carbocycles. The maximum Gasteiger partial charge on any atom is 0.278 e. The van der Waals surface area contributed by atoms with E-state index in [1.165, 1.54) is 0 Å². The number of aliphatic hydroxyl groups is 1. The first-order valence-corrected chi connectivity index (χ1v) is 8.55. The number of hydroxylamine groups is 1. The minimum absolute atomic E-state index is 0.0431. The molecule has 3 aromatic rings. The number of rotatable bonds is 6. The number of amides is 1. The van der Waals surface area contributed by atoms with Crippen molar-refractivity contribution in [2.75, 3.05) is 18.5 Å². The number of carbonyl (C=O) groups is 1. The molecule has 1 aromatic carbocycles. The van der Waals surface area contributed by atoms with Gasteiger partial charge in [-0.25, -0.2) is 10.5 Å². The number of imidazole rings is 1. The third-order valence-electron chi connectivity index (χ3n) is 3.42. The normalized spacial score (nSPS) is 10.9. The maximum absolute atomic E-state index is 12.5. The van der Waals surface area contributed by atoms with Crippen molar-refractivity contribution in [3.05, 3.63) is 57.4 Å². The van der Waals surface area contributed by atoms with Gasteiger partial charge in [0, 0.05) is 23.6 Å². The number of nitrogens with one attached hydrogen (secondary N) is 2. The fourth-order valence-corrected chi connectivity index (χ4v) is 3.01. The molecule has 0 aliphatic carbocycles. The van der Waals surface area contributed by atoms with Gasteiger partial charge in [-0.05, 0) is 18.2 Å². The first kappa shape index (κ1) is 18.8. The summed E-state index contributed by atoms with van der Waals surface area (Å²) in [7, 11) is 0. The monoisotopic (exact) mass is 414 g/mol. The summed E-state index contributed by atoms with van der Waals surface area (Å²) >= 11 is 18.6. The van der Waals surface area contributed by atoms with Gasteiger partial charge in [-0.2, -0.15) is 0 Å². The van der Waals surface area contributed by atoms with Gasteiger partial charge < -0.3 is 14.8 Å². The number of aliphatic hydroxyl groups excluding tert-OH is 1. The second-order valence-electron chi connectivity index (χ2n) is 5.14. The third-order valence-corrected chi connectivity index (χ3v) is 4.32. The van der Waals surface area contributed by atoms with Crippen LogP contribution in [0.2, 0.25) is 15.1 Å². The molecule has 2 heterocycles. The number of carbonyl (C=O) groups excluding carboxylic acids is 1. The van der Waals surface area contributed by atoms with E-state index in [4.69, 9.17) is 44.7 Å². The fourth-order valence-electron chi connectivity index (χ4n) is 2.26. The Hall–Kier alpha value is -2.03. The van der Waals surface area contributed by atoms with Crippen LogP contribution in [0.15, 0.2) is 36.8 Å². The summed E-state index contributed by atoms with van der Waals surface area (Å²) in [5.41, 5.74) is 3.73. The zero-order valence-corrected chi connectivity index (χ0v) is 15.4. The molecule has 0 radical (unpaired) electrons. The van der Waals surface area contributed by atoms with Crippen LogP contribution in [-0.4, -0.2) is 33.6 Å². The summed E-state index contributed by atoms with van der Waals surface area (Å²) in [5.74, 6) is -0.552. The minimum atomic E-state index is -0.552. The van der Waals surface area contributed by atoms with Gasteiger partial charge in [0.15, 0.2) is 5.65 Å². The van der Waals surface area contributed by atoms with Crippen molar-refractivity contribution in [3.8, 4) is 0 Å². The Labute approximate surface area is 163 Å². The molecule has 3 N–H and O–H groups in total. The van der Waals surface area contributed by atoms with Gasteiger partial charge >= 0.3 is 0 Å². The number of hydrogen-bond donors (Lipinski definition) is 3. The topological polar surface area (TPSA) is 87.9 Å². The lowest BCUT2D eigenvalue weighted by Gasteiger charge is -2.16. The zero-order chi connectivity index (χ0) is 18.7. The number of fused-ring (bicyclic) bond motifs is 1. The van der Waals surface area contributed by atoms with E-state index in [0.717, 1.165) is 0 Å². The van der Waals surface area contributed by atoms with Gasteiger partial charge in [0.2, 0.25) is 0 Å². The number of hydrogen-bond acceptors (Lipinski definition) is 5. The molecule has 10 heteroatoms. The number of benzene rings is 1. The van der Waals surface area contributed by atoms with E-state index < -0.39 is 5.91 Å². The van der Waals surface area contributed by atoms with Crippen LogP contribution in [0.5, 0.6) is 0 Å². The summed E-state index contributed by atoms with van der Waals surface area (Å²) < 4.78 is 1.61. The summed E-state index contributed by atoms with van der Waals surface area (Å²) in [6.45, 7) is -0.272. The smallest absolute Gasteiger partial charge is 0.278 e. The molecule has 3 rings (SSSR count). The molecule has 0 unspecified atom stereocenters. The molecule has 1 amide bonds. The summed E-state index contributed by atoms with van der Waals surface area (Å²) in [4.78, 5) is 21.5. The standard InChI is InChI=1S/C16H13Cl3N4O3/c17-9-1-2-12(11(18)7-9)21-14-10(16(25)22-26-6-5-24)8-23-4-3-20-15(23)13(14)19/h1-4,7-8,21,24H,5-6H2,(H,22,25). The second kappa shape index (κ2) is 8.11. The third kappa shape index (κ3) is 3.87. The van der Waals surface area contributed by atoms with Crippen LogP contribution < -0.4 is 10.8 Å². The van der Waals surface area contributed by atoms with Crippen molar-refractivity contribution in [3.63, 3.8) is 0 Å². The Bertz CT molecular complexity index is 961. The molecule has 0 aliphatic rings. The van der Waals surface area contributed by atoms with Crippen molar-refractivity contribution in [1.29, 1.82) is 0 Å². The van der Waals surface area contributed by atoms with Crippen molar-refractivity contribution in [2.45, 2.75) is 0 Å². The molecule has 0 fully saturated rings. The van der Waals surface area contributed by atoms with Crippen molar-refractivity contribution in [1.82, 2.24) is 14.9 Å². The quantitative estimate of drug-likeness (QED) is 0.422. The Morgan fingerprint density at radius 2 is 2.12 bits per heavy atom. The lowest BCUT2D eigenvalue weighted by molar-refractivity contribution is 0.0168. The van der Waals surface area contributed by atoms with Gasteiger partial charge in [-0.15, -0.1) is 0 Å². The average Bonchev–Trinajstić information content (AvgIpc) is 3.08. The molecule has 0 atom stereocenters. The number of nitrogens with zero attached hydrogens (tertiary/aromatic N) is 2. The number of anilines is 2. The molecule has 0 spiro atoms. The molecule has 136 valence electrons. The minimum Gasteiger partial charge on any atom is -0.394 e. The van der Waals surface area contributed by atoms with Crippen LogP contribution in [0.4, 0.5) is 11.4 Å². The Morgan fingerprint density at radius 1 is 1.31 bits per heavy atom. The molecule has 2 aromatic heterocycles. The fraction of sp³-hybridized carbons (Fsp3) is 0.125. The average molecular weight is 416 g/mol. The van der Waals surface area contributed by atoms with E-state index in [-0.39, 0.29) is 23.8 Å². The highest BCUT2D eigenvalue weighted by molar-refractivity contribution is 6.38. The predicted octanol–water partition coefficient (Wildman–Crippen LogP) is 3.69. The lowest BCUT2D eigenvalue weighted by atomic mass is 10.2. The van der Waals surface area contributed by atoms with Gasteiger partial charge in [-0.3, -0.25) is 9.63 Å². The zero-order valence-electron chi connectivity index (χ0n) is 13.2. The number of halogens is 3. The van der Waals surface area contributed by atoms with Crippen LogP contribution in [0, 0.1) is 0 Å². The van der Waals surface area contributed by atoms with E-state index in [0.29, 0.717) is 27.1 Å². The Kier molecular flexibility index (Phi) is 5.85. The summed E-state index contributed by atoms with van der Waals surface area (Å²) in [6, 6.07) is 4.89. The van der Waals surface area contributed by atoms with Crippen LogP contribution >= 0.6 is 34.8 Å². The van der Waals surface area contributed by atoms with E-state index >= 15 is 0 Å². The Morgan fingerprint density at radius 3 is 2.85 bits per heavy atom. The lowest BCUT2D eigenvalue weighted by Crippen LogP contribution is -2.26. The van der Waals surface area contributed by atoms with E-state index in [2.05, 4.69) is 15.8 Å². The molecule has 0 aliphatic heterocycles. The first-order chi connectivity index (χ1) is 12.5. The highest BCUT2D eigenvalue weighted by Gasteiger charge is 2.20. The van der Waals surface area contributed by atoms with Gasteiger partial charge in [0.05, 0.1) is 35.2 Å². The van der Waals surface area contributed by atoms with E-state index in [9.17, 15) is 4.79 Å². The van der Waals surface area contributed by atoms with Crippen molar-refractivity contribution < 1.29 is 14.7 Å². The van der Waals surface area contributed by atoms with Crippen molar-refractivity contribution in [2.24, 2.45) is 0 Å². The van der Waals surface area contributed by atoms with Crippen LogP contribution in [0.25, 0.3) is 5.65 Å². The first-order valence-electron chi connectivity index (χ1n) is 7.41. The van der Waals surface area contributed by atoms with Crippen molar-refractivity contribution >= 4 is 57.7 Å². The summed E-state index contributed by atoms with van der Waals surface area (Å²) in [6.07, 6.45) is 4.77. The number of aromatic nitrogens is 2. The molecule has 7 nitrogen and oxygen atoms in total. The van der Waals surface area contributed by atoms with Crippen LogP contribution in [0.1, 0.15) is 10.4 Å². The molecule has 0 bridgehead atoms.